The highest BCUT2D eigenvalue weighted by Gasteiger charge is 2.46. The maximum absolute atomic E-state index is 13.2. The van der Waals surface area contributed by atoms with Gasteiger partial charge in [-0.2, -0.15) is 0 Å². The molecule has 34 heavy (non-hydrogen) atoms. The van der Waals surface area contributed by atoms with E-state index < -0.39 is 17.7 Å². The molecule has 0 saturated carbocycles. The van der Waals surface area contributed by atoms with E-state index in [1.165, 1.54) is 12.0 Å². The molecule has 1 N–H and O–H groups in total. The van der Waals surface area contributed by atoms with Crippen molar-refractivity contribution in [1.29, 1.82) is 0 Å². The fourth-order valence-corrected chi connectivity index (χ4v) is 4.51. The number of amides is 1. The number of likely N-dealkylation sites (tertiary alicyclic amines) is 1. The van der Waals surface area contributed by atoms with E-state index in [4.69, 9.17) is 14.2 Å². The summed E-state index contributed by atoms with van der Waals surface area (Å²) in [5.41, 5.74) is 2.15. The number of likely N-dealkylation sites (N-methyl/N-ethyl adjacent to an activating group) is 1. The fraction of sp³-hybridized carbons (Fsp3) is 0.385. The van der Waals surface area contributed by atoms with Gasteiger partial charge in [-0.25, -0.2) is 0 Å². The summed E-state index contributed by atoms with van der Waals surface area (Å²) in [6, 6.07) is 9.83. The van der Waals surface area contributed by atoms with Crippen molar-refractivity contribution in [3.63, 3.8) is 0 Å². The van der Waals surface area contributed by atoms with Crippen LogP contribution in [-0.2, 0) is 16.0 Å². The number of rotatable bonds is 7. The number of nitrogens with zero attached hydrogens (tertiary/aromatic N) is 2. The molecular formula is C26H30N2O6. The second-order valence-electron chi connectivity index (χ2n) is 8.87. The van der Waals surface area contributed by atoms with Crippen LogP contribution in [0.4, 0.5) is 0 Å². The van der Waals surface area contributed by atoms with Crippen molar-refractivity contribution in [1.82, 2.24) is 9.80 Å². The Labute approximate surface area is 199 Å². The Morgan fingerprint density at radius 1 is 1.12 bits per heavy atom. The Balaban J connectivity index is 1.84. The van der Waals surface area contributed by atoms with Gasteiger partial charge >= 0.3 is 0 Å². The number of ketones is 1. The fourth-order valence-electron chi connectivity index (χ4n) is 4.51. The maximum Gasteiger partial charge on any atom is 0.295 e. The molecular weight excluding hydrogens is 436 g/mol. The molecule has 0 radical (unpaired) electrons. The number of hydrogen-bond acceptors (Lipinski definition) is 7. The Hall–Kier alpha value is -3.52. The number of methoxy groups -OCH3 is 2. The lowest BCUT2D eigenvalue weighted by Crippen LogP contribution is -2.35. The number of benzene rings is 2. The van der Waals surface area contributed by atoms with Crippen LogP contribution in [0.25, 0.3) is 5.76 Å². The van der Waals surface area contributed by atoms with Gasteiger partial charge in [-0.15, -0.1) is 0 Å². The molecule has 0 bridgehead atoms. The molecule has 1 amide bonds. The summed E-state index contributed by atoms with van der Waals surface area (Å²) in [4.78, 5) is 29.8. The van der Waals surface area contributed by atoms with Crippen LogP contribution < -0.4 is 14.2 Å². The normalized spacial score (nSPS) is 21.1. The molecule has 0 spiro atoms. The second kappa shape index (κ2) is 9.38. The molecule has 4 rings (SSSR count). The molecule has 2 unspecified atom stereocenters. The number of carbonyl (C=O) groups is 2. The molecule has 1 fully saturated rings. The van der Waals surface area contributed by atoms with Crippen LogP contribution in [0.2, 0.25) is 0 Å². The average Bonchev–Trinajstić information content (AvgIpc) is 3.32. The third-order valence-corrected chi connectivity index (χ3v) is 6.22. The first kappa shape index (κ1) is 23.6. The van der Waals surface area contributed by atoms with Crippen LogP contribution in [0, 0.1) is 0 Å². The van der Waals surface area contributed by atoms with Crippen molar-refractivity contribution in [3.05, 3.63) is 58.7 Å². The number of hydrogen-bond donors (Lipinski definition) is 1. The van der Waals surface area contributed by atoms with Crippen LogP contribution in [-0.4, -0.2) is 74.1 Å². The van der Waals surface area contributed by atoms with Crippen LogP contribution in [0.5, 0.6) is 17.2 Å². The van der Waals surface area contributed by atoms with E-state index in [0.29, 0.717) is 42.1 Å². The number of carbonyl (C=O) groups excluding carboxylic acids is 2. The summed E-state index contributed by atoms with van der Waals surface area (Å²) in [6.07, 6.45) is 0.767. The average molecular weight is 467 g/mol. The SMILES string of the molecule is COc1ccc(C2C(=C(O)c3ccc4c(c3)CC(C)O4)C(=O)C(=O)N2CCN(C)C)cc1OC. The number of aliphatic hydroxyl groups is 1. The van der Waals surface area contributed by atoms with Gasteiger partial charge in [0.15, 0.2) is 11.5 Å². The maximum atomic E-state index is 13.2. The molecule has 8 nitrogen and oxygen atoms in total. The summed E-state index contributed by atoms with van der Waals surface area (Å²) < 4.78 is 16.6. The Morgan fingerprint density at radius 3 is 2.53 bits per heavy atom. The first-order valence-electron chi connectivity index (χ1n) is 11.2. The molecule has 2 heterocycles. The van der Waals surface area contributed by atoms with Gasteiger partial charge in [0, 0.05) is 25.1 Å². The van der Waals surface area contributed by atoms with Gasteiger partial charge in [-0.05, 0) is 62.5 Å². The second-order valence-corrected chi connectivity index (χ2v) is 8.87. The van der Waals surface area contributed by atoms with Crippen molar-refractivity contribution in [2.75, 3.05) is 41.4 Å². The Bertz CT molecular complexity index is 1160. The van der Waals surface area contributed by atoms with Gasteiger partial charge in [-0.1, -0.05) is 6.07 Å². The lowest BCUT2D eigenvalue weighted by atomic mass is 9.94. The third-order valence-electron chi connectivity index (χ3n) is 6.22. The highest BCUT2D eigenvalue weighted by molar-refractivity contribution is 6.46. The van der Waals surface area contributed by atoms with Crippen LogP contribution in [0.15, 0.2) is 42.0 Å². The number of Topliss-reactive ketones (excluding diaryl/α,β-unsaturated/α-hetero) is 1. The topological polar surface area (TPSA) is 88.5 Å². The van der Waals surface area contributed by atoms with Crippen LogP contribution >= 0.6 is 0 Å². The number of fused-ring (bicyclic) bond motifs is 1. The van der Waals surface area contributed by atoms with Crippen molar-refractivity contribution >= 4 is 17.4 Å². The highest BCUT2D eigenvalue weighted by atomic mass is 16.5. The predicted octanol–water partition coefficient (Wildman–Crippen LogP) is 3.01. The van der Waals surface area contributed by atoms with Gasteiger partial charge < -0.3 is 29.1 Å². The molecule has 8 heteroatoms. The third kappa shape index (κ3) is 4.21. The molecule has 1 saturated heterocycles. The highest BCUT2D eigenvalue weighted by Crippen LogP contribution is 2.42. The zero-order valence-electron chi connectivity index (χ0n) is 20.1. The van der Waals surface area contributed by atoms with Crippen molar-refractivity contribution in [3.8, 4) is 17.2 Å². The summed E-state index contributed by atoms with van der Waals surface area (Å²) in [5.74, 6) is 0.230. The predicted molar refractivity (Wildman–Crippen MR) is 127 cm³/mol. The van der Waals surface area contributed by atoms with E-state index in [-0.39, 0.29) is 17.4 Å². The molecule has 2 aromatic rings. The van der Waals surface area contributed by atoms with Crippen LogP contribution in [0.1, 0.15) is 29.7 Å². The number of ether oxygens (including phenoxy) is 3. The molecule has 180 valence electrons. The van der Waals surface area contributed by atoms with Crippen molar-refractivity contribution in [2.24, 2.45) is 0 Å². The van der Waals surface area contributed by atoms with Crippen molar-refractivity contribution in [2.45, 2.75) is 25.5 Å². The molecule has 0 aliphatic carbocycles. The zero-order valence-corrected chi connectivity index (χ0v) is 20.1. The van der Waals surface area contributed by atoms with Gasteiger partial charge in [0.1, 0.15) is 17.6 Å². The summed E-state index contributed by atoms with van der Waals surface area (Å²) in [5, 5.41) is 11.3. The van der Waals surface area contributed by atoms with Crippen LogP contribution in [0.3, 0.4) is 0 Å². The van der Waals surface area contributed by atoms with E-state index in [0.717, 1.165) is 11.3 Å². The summed E-state index contributed by atoms with van der Waals surface area (Å²) >= 11 is 0. The zero-order chi connectivity index (χ0) is 24.6. The minimum atomic E-state index is -0.761. The Kier molecular flexibility index (Phi) is 6.52. The minimum Gasteiger partial charge on any atom is -0.507 e. The number of aliphatic hydroxyl groups excluding tert-OH is 1. The Morgan fingerprint density at radius 2 is 1.85 bits per heavy atom. The van der Waals surface area contributed by atoms with E-state index in [1.807, 2.05) is 32.0 Å². The summed E-state index contributed by atoms with van der Waals surface area (Å²) in [6.45, 7) is 2.86. The molecule has 2 aromatic carbocycles. The molecule has 2 atom stereocenters. The summed E-state index contributed by atoms with van der Waals surface area (Å²) in [7, 11) is 6.86. The molecule has 0 aromatic heterocycles. The first-order chi connectivity index (χ1) is 16.2. The van der Waals surface area contributed by atoms with Gasteiger partial charge in [0.25, 0.3) is 11.7 Å². The largest absolute Gasteiger partial charge is 0.507 e. The lowest BCUT2D eigenvalue weighted by Gasteiger charge is -2.27. The van der Waals surface area contributed by atoms with E-state index in [2.05, 4.69) is 0 Å². The van der Waals surface area contributed by atoms with E-state index >= 15 is 0 Å². The standard InChI is InChI=1S/C26H30N2O6/c1-15-12-18-13-17(7-8-19(18)34-15)24(29)22-23(16-6-9-20(32-4)21(14-16)33-5)28(11-10-27(2)3)26(31)25(22)30/h6-9,13-15,23,29H,10-12H2,1-5H3. The van der Waals surface area contributed by atoms with Gasteiger partial charge in [0.05, 0.1) is 25.8 Å². The van der Waals surface area contributed by atoms with E-state index in [9.17, 15) is 14.7 Å². The smallest absolute Gasteiger partial charge is 0.295 e. The van der Waals surface area contributed by atoms with Crippen molar-refractivity contribution < 1.29 is 28.9 Å². The first-order valence-corrected chi connectivity index (χ1v) is 11.2. The quantitative estimate of drug-likeness (QED) is 0.381. The lowest BCUT2D eigenvalue weighted by molar-refractivity contribution is -0.140. The monoisotopic (exact) mass is 466 g/mol. The molecule has 2 aliphatic heterocycles. The van der Waals surface area contributed by atoms with Gasteiger partial charge in [-0.3, -0.25) is 9.59 Å². The molecule has 2 aliphatic rings. The van der Waals surface area contributed by atoms with Gasteiger partial charge in [0.2, 0.25) is 0 Å². The van der Waals surface area contributed by atoms with E-state index in [1.54, 1.807) is 37.4 Å². The minimum absolute atomic E-state index is 0.0516.